The van der Waals surface area contributed by atoms with Crippen LogP contribution in [0.15, 0.2) is 54.6 Å². The third kappa shape index (κ3) is 7.15. The fourth-order valence-corrected chi connectivity index (χ4v) is 3.63. The van der Waals surface area contributed by atoms with Gasteiger partial charge in [0.05, 0.1) is 18.9 Å². The molecule has 2 amide bonds. The van der Waals surface area contributed by atoms with Crippen LogP contribution in [0.3, 0.4) is 0 Å². The van der Waals surface area contributed by atoms with E-state index < -0.39 is 0 Å². The zero-order chi connectivity index (χ0) is 20.4. The highest BCUT2D eigenvalue weighted by Gasteiger charge is 2.23. The number of anilines is 1. The van der Waals surface area contributed by atoms with Crippen molar-refractivity contribution in [2.45, 2.75) is 24.9 Å². The largest absolute Gasteiger partial charge is 0.497 e. The molecule has 28 heavy (non-hydrogen) atoms. The second kappa shape index (κ2) is 11.2. The average Bonchev–Trinajstić information content (AvgIpc) is 2.71. The molecule has 2 aromatic carbocycles. The van der Waals surface area contributed by atoms with Crippen LogP contribution in [0, 0.1) is 5.92 Å². The van der Waals surface area contributed by atoms with Crippen molar-refractivity contribution in [1.29, 1.82) is 0 Å². The fourth-order valence-electron chi connectivity index (χ4n) is 2.47. The number of benzene rings is 2. The smallest absolute Gasteiger partial charge is 0.257 e. The van der Waals surface area contributed by atoms with E-state index in [0.717, 1.165) is 17.2 Å². The van der Waals surface area contributed by atoms with Gasteiger partial charge in [0.1, 0.15) is 5.75 Å². The maximum atomic E-state index is 12.5. The lowest BCUT2D eigenvalue weighted by molar-refractivity contribution is -0.128. The van der Waals surface area contributed by atoms with E-state index in [0.29, 0.717) is 0 Å². The molecule has 2 aromatic rings. The molecule has 0 aliphatic rings. The molecule has 0 aliphatic heterocycles. The minimum absolute atomic E-state index is 0.0517. The highest BCUT2D eigenvalue weighted by atomic mass is 32.2. The minimum atomic E-state index is -0.320. The van der Waals surface area contributed by atoms with Gasteiger partial charge in [-0.25, -0.2) is 0 Å². The molecule has 1 unspecified atom stereocenters. The van der Waals surface area contributed by atoms with Crippen LogP contribution in [0.5, 0.6) is 5.75 Å². The van der Waals surface area contributed by atoms with Gasteiger partial charge in [0.15, 0.2) is 0 Å². The van der Waals surface area contributed by atoms with E-state index in [2.05, 4.69) is 16.2 Å². The van der Waals surface area contributed by atoms with Gasteiger partial charge >= 0.3 is 0 Å². The molecule has 1 atom stereocenters. The Balaban J connectivity index is 1.76. The van der Waals surface area contributed by atoms with Crippen LogP contribution in [-0.4, -0.2) is 30.7 Å². The molecular formula is C21H27N3O3S. The van der Waals surface area contributed by atoms with E-state index in [9.17, 15) is 9.59 Å². The summed E-state index contributed by atoms with van der Waals surface area (Å²) < 4.78 is 5.09. The molecule has 3 N–H and O–H groups in total. The number of ether oxygens (including phenoxy) is 1. The van der Waals surface area contributed by atoms with Gasteiger partial charge in [-0.15, -0.1) is 11.8 Å². The monoisotopic (exact) mass is 401 g/mol. The summed E-state index contributed by atoms with van der Waals surface area (Å²) in [6.45, 7) is 4.04. The lowest BCUT2D eigenvalue weighted by Gasteiger charge is -2.20. The number of carbonyl (C=O) groups excluding carboxylic acids is 2. The van der Waals surface area contributed by atoms with Crippen molar-refractivity contribution in [3.05, 3.63) is 60.2 Å². The maximum Gasteiger partial charge on any atom is 0.257 e. The quantitative estimate of drug-likeness (QED) is 0.562. The summed E-state index contributed by atoms with van der Waals surface area (Å²) in [4.78, 5) is 24.5. The number of nitrogens with one attached hydrogen (secondary N) is 3. The third-order valence-corrected chi connectivity index (χ3v) is 5.62. The Bertz CT molecular complexity index is 751. The van der Waals surface area contributed by atoms with Crippen LogP contribution in [-0.2, 0) is 15.3 Å². The molecule has 0 bridgehead atoms. The lowest BCUT2D eigenvalue weighted by Crippen LogP contribution is -2.48. The lowest BCUT2D eigenvalue weighted by atomic mass is 10.1. The summed E-state index contributed by atoms with van der Waals surface area (Å²) in [5.74, 6) is 1.11. The van der Waals surface area contributed by atoms with Crippen molar-refractivity contribution in [3.8, 4) is 5.75 Å². The predicted octanol–water partition coefficient (Wildman–Crippen LogP) is 3.21. The summed E-state index contributed by atoms with van der Waals surface area (Å²) in [5.41, 5.74) is 6.96. The Morgan fingerprint density at radius 1 is 1.00 bits per heavy atom. The average molecular weight is 402 g/mol. The molecule has 2 rings (SSSR count). The van der Waals surface area contributed by atoms with Crippen LogP contribution in [0.4, 0.5) is 5.69 Å². The molecule has 0 saturated carbocycles. The minimum Gasteiger partial charge on any atom is -0.497 e. The van der Waals surface area contributed by atoms with Gasteiger partial charge in [-0.2, -0.15) is 0 Å². The number of rotatable bonds is 9. The second-order valence-electron chi connectivity index (χ2n) is 6.58. The van der Waals surface area contributed by atoms with Crippen molar-refractivity contribution in [2.24, 2.45) is 5.92 Å². The first kappa shape index (κ1) is 21.6. The van der Waals surface area contributed by atoms with Crippen molar-refractivity contribution in [3.63, 3.8) is 0 Å². The van der Waals surface area contributed by atoms with Gasteiger partial charge in [0.25, 0.3) is 11.8 Å². The highest BCUT2D eigenvalue weighted by molar-refractivity contribution is 7.99. The maximum absolute atomic E-state index is 12.5. The number of hydrogen-bond donors (Lipinski definition) is 3. The van der Waals surface area contributed by atoms with Crippen molar-refractivity contribution < 1.29 is 14.3 Å². The Kier molecular flexibility index (Phi) is 8.68. The van der Waals surface area contributed by atoms with Crippen molar-refractivity contribution in [2.75, 3.05) is 19.0 Å². The highest BCUT2D eigenvalue weighted by Crippen LogP contribution is 2.23. The van der Waals surface area contributed by atoms with Crippen molar-refractivity contribution in [1.82, 2.24) is 10.9 Å². The topological polar surface area (TPSA) is 79.5 Å². The zero-order valence-corrected chi connectivity index (χ0v) is 17.2. The number of hydrazine groups is 1. The molecular weight excluding hydrogens is 374 g/mol. The zero-order valence-electron chi connectivity index (χ0n) is 16.4. The molecule has 150 valence electrons. The van der Waals surface area contributed by atoms with Crippen molar-refractivity contribution >= 4 is 29.3 Å². The SMILES string of the molecule is COc1ccc(NCC(=O)NNC(=O)C(SCc2ccccc2)C(C)C)cc1. The Morgan fingerprint density at radius 2 is 1.68 bits per heavy atom. The van der Waals surface area contributed by atoms with E-state index >= 15 is 0 Å². The van der Waals surface area contributed by atoms with Gasteiger partial charge in [0.2, 0.25) is 0 Å². The normalized spacial score (nSPS) is 11.6. The van der Waals surface area contributed by atoms with Gasteiger partial charge in [-0.05, 0) is 35.7 Å². The molecule has 0 aromatic heterocycles. The standard InChI is InChI=1S/C21H27N3O3S/c1-15(2)20(28-14-16-7-5-4-6-8-16)21(26)24-23-19(25)13-22-17-9-11-18(27-3)12-10-17/h4-12,15,20,22H,13-14H2,1-3H3,(H,23,25)(H,24,26). The number of hydrogen-bond acceptors (Lipinski definition) is 5. The molecule has 0 heterocycles. The number of methoxy groups -OCH3 is 1. The summed E-state index contributed by atoms with van der Waals surface area (Å²) in [5, 5.41) is 2.74. The fraction of sp³-hybridized carbons (Fsp3) is 0.333. The molecule has 7 heteroatoms. The number of thioether (sulfide) groups is 1. The Labute approximate surface area is 170 Å². The van der Waals surface area contributed by atoms with Gasteiger partial charge < -0.3 is 10.1 Å². The van der Waals surface area contributed by atoms with E-state index in [1.54, 1.807) is 31.0 Å². The predicted molar refractivity (Wildman–Crippen MR) is 114 cm³/mol. The van der Waals surface area contributed by atoms with Crippen LogP contribution in [0.25, 0.3) is 0 Å². The molecule has 0 saturated heterocycles. The summed E-state index contributed by atoms with van der Waals surface area (Å²) in [6.07, 6.45) is 0. The van der Waals surface area contributed by atoms with Crippen LogP contribution in [0.2, 0.25) is 0 Å². The van der Waals surface area contributed by atoms with E-state index in [4.69, 9.17) is 4.74 Å². The van der Waals surface area contributed by atoms with E-state index in [1.165, 1.54) is 5.56 Å². The van der Waals surface area contributed by atoms with Gasteiger partial charge in [-0.1, -0.05) is 44.2 Å². The molecule has 0 spiro atoms. The molecule has 0 fully saturated rings. The van der Waals surface area contributed by atoms with E-state index in [-0.39, 0.29) is 29.5 Å². The molecule has 6 nitrogen and oxygen atoms in total. The Morgan fingerprint density at radius 3 is 2.29 bits per heavy atom. The number of amides is 2. The molecule has 0 radical (unpaired) electrons. The third-order valence-electron chi connectivity index (χ3n) is 4.00. The number of carbonyl (C=O) groups is 2. The second-order valence-corrected chi connectivity index (χ2v) is 7.71. The first-order valence-electron chi connectivity index (χ1n) is 9.11. The van der Waals surface area contributed by atoms with Crippen LogP contribution >= 0.6 is 11.8 Å². The van der Waals surface area contributed by atoms with Gasteiger partial charge in [-0.3, -0.25) is 20.4 Å². The summed E-state index contributed by atoms with van der Waals surface area (Å²) in [6, 6.07) is 17.3. The van der Waals surface area contributed by atoms with Crippen LogP contribution in [0.1, 0.15) is 19.4 Å². The van der Waals surface area contributed by atoms with Crippen LogP contribution < -0.4 is 20.9 Å². The van der Waals surface area contributed by atoms with Gasteiger partial charge in [0, 0.05) is 11.4 Å². The Hall–Kier alpha value is -2.67. The molecule has 0 aliphatic carbocycles. The summed E-state index contributed by atoms with van der Waals surface area (Å²) in [7, 11) is 1.60. The first-order valence-corrected chi connectivity index (χ1v) is 10.2. The first-order chi connectivity index (χ1) is 13.5. The summed E-state index contributed by atoms with van der Waals surface area (Å²) >= 11 is 1.57. The van der Waals surface area contributed by atoms with E-state index in [1.807, 2.05) is 56.3 Å².